The van der Waals surface area contributed by atoms with Crippen molar-refractivity contribution in [2.45, 2.75) is 13.0 Å². The summed E-state index contributed by atoms with van der Waals surface area (Å²) in [6.45, 7) is 5.50. The molecule has 0 saturated carbocycles. The van der Waals surface area contributed by atoms with E-state index in [1.807, 2.05) is 6.92 Å². The minimum absolute atomic E-state index is 0.161. The average molecular weight is 146 g/mol. The Labute approximate surface area is 61.3 Å². The topological polar surface area (TPSA) is 27.7 Å². The van der Waals surface area contributed by atoms with Gasteiger partial charge in [0.1, 0.15) is 6.10 Å². The summed E-state index contributed by atoms with van der Waals surface area (Å²) >= 11 is 0. The van der Waals surface area contributed by atoms with Crippen LogP contribution in [-0.4, -0.2) is 39.1 Å². The van der Waals surface area contributed by atoms with Crippen molar-refractivity contribution in [2.75, 3.05) is 33.0 Å². The van der Waals surface area contributed by atoms with Crippen LogP contribution in [0.2, 0.25) is 0 Å². The third-order valence-electron chi connectivity index (χ3n) is 1.39. The molecule has 3 nitrogen and oxygen atoms in total. The second kappa shape index (κ2) is 4.66. The molecular formula is C7H14O3. The lowest BCUT2D eigenvalue weighted by atomic mass is 10.4. The molecule has 0 spiro atoms. The van der Waals surface area contributed by atoms with Crippen LogP contribution in [0.15, 0.2) is 0 Å². The van der Waals surface area contributed by atoms with Gasteiger partial charge in [0.15, 0.2) is 0 Å². The highest BCUT2D eigenvalue weighted by Crippen LogP contribution is 2.00. The molecule has 0 aromatic heterocycles. The molecule has 60 valence electrons. The Morgan fingerprint density at radius 2 is 2.40 bits per heavy atom. The van der Waals surface area contributed by atoms with Gasteiger partial charge in [0.05, 0.1) is 26.4 Å². The summed E-state index contributed by atoms with van der Waals surface area (Å²) in [5, 5.41) is 0. The first-order valence-electron chi connectivity index (χ1n) is 3.70. The molecule has 0 bridgehead atoms. The highest BCUT2D eigenvalue weighted by molar-refractivity contribution is 4.58. The van der Waals surface area contributed by atoms with E-state index in [0.717, 1.165) is 13.2 Å². The molecule has 1 saturated heterocycles. The first-order valence-corrected chi connectivity index (χ1v) is 3.70. The molecule has 1 aliphatic rings. The van der Waals surface area contributed by atoms with E-state index in [1.54, 1.807) is 0 Å². The fourth-order valence-corrected chi connectivity index (χ4v) is 0.882. The minimum atomic E-state index is 0.161. The van der Waals surface area contributed by atoms with Crippen LogP contribution in [0.25, 0.3) is 0 Å². The Morgan fingerprint density at radius 1 is 1.50 bits per heavy atom. The van der Waals surface area contributed by atoms with Crippen molar-refractivity contribution >= 4 is 0 Å². The van der Waals surface area contributed by atoms with Crippen LogP contribution >= 0.6 is 0 Å². The normalized spacial score (nSPS) is 26.7. The summed E-state index contributed by atoms with van der Waals surface area (Å²) in [6.07, 6.45) is 0.161. The van der Waals surface area contributed by atoms with Crippen LogP contribution in [0, 0.1) is 0 Å². The molecular weight excluding hydrogens is 132 g/mol. The van der Waals surface area contributed by atoms with Gasteiger partial charge in [0.2, 0.25) is 0 Å². The Balaban J connectivity index is 2.02. The summed E-state index contributed by atoms with van der Waals surface area (Å²) in [5.74, 6) is 0. The van der Waals surface area contributed by atoms with E-state index in [2.05, 4.69) is 0 Å². The van der Waals surface area contributed by atoms with E-state index in [0.29, 0.717) is 19.8 Å². The van der Waals surface area contributed by atoms with Crippen molar-refractivity contribution < 1.29 is 14.2 Å². The molecule has 1 rings (SSSR count). The van der Waals surface area contributed by atoms with Gasteiger partial charge in [-0.3, -0.25) is 0 Å². The van der Waals surface area contributed by atoms with E-state index < -0.39 is 0 Å². The quantitative estimate of drug-likeness (QED) is 0.578. The van der Waals surface area contributed by atoms with Crippen LogP contribution in [0.1, 0.15) is 6.92 Å². The van der Waals surface area contributed by atoms with E-state index in [-0.39, 0.29) is 6.10 Å². The van der Waals surface area contributed by atoms with E-state index in [1.165, 1.54) is 0 Å². The van der Waals surface area contributed by atoms with E-state index in [9.17, 15) is 0 Å². The molecule has 0 amide bonds. The lowest BCUT2D eigenvalue weighted by molar-refractivity contribution is -0.114. The summed E-state index contributed by atoms with van der Waals surface area (Å²) in [7, 11) is 0. The van der Waals surface area contributed by atoms with Gasteiger partial charge in [-0.1, -0.05) is 0 Å². The van der Waals surface area contributed by atoms with Gasteiger partial charge in [-0.15, -0.1) is 0 Å². The van der Waals surface area contributed by atoms with Crippen LogP contribution in [0.5, 0.6) is 0 Å². The molecule has 1 atom stereocenters. The Kier molecular flexibility index (Phi) is 3.72. The Morgan fingerprint density at radius 3 is 3.00 bits per heavy atom. The molecule has 0 radical (unpaired) electrons. The monoisotopic (exact) mass is 146 g/mol. The summed E-state index contributed by atoms with van der Waals surface area (Å²) in [4.78, 5) is 0. The largest absolute Gasteiger partial charge is 0.379 e. The highest BCUT2D eigenvalue weighted by Gasteiger charge is 2.13. The van der Waals surface area contributed by atoms with E-state index >= 15 is 0 Å². The number of hydrogen-bond donors (Lipinski definition) is 0. The van der Waals surface area contributed by atoms with Gasteiger partial charge in [-0.05, 0) is 6.92 Å². The molecule has 0 aliphatic carbocycles. The molecule has 1 fully saturated rings. The zero-order valence-electron chi connectivity index (χ0n) is 6.34. The van der Waals surface area contributed by atoms with Crippen molar-refractivity contribution in [1.82, 2.24) is 0 Å². The lowest BCUT2D eigenvalue weighted by Crippen LogP contribution is -2.32. The molecule has 0 unspecified atom stereocenters. The van der Waals surface area contributed by atoms with Crippen LogP contribution in [-0.2, 0) is 14.2 Å². The third-order valence-corrected chi connectivity index (χ3v) is 1.39. The lowest BCUT2D eigenvalue weighted by Gasteiger charge is -2.22. The zero-order valence-corrected chi connectivity index (χ0v) is 6.34. The standard InChI is InChI=1S/C7H14O3/c1-2-8-5-7-6-9-3-4-10-7/h7H,2-6H2,1H3/t7-/m0/s1. The maximum Gasteiger partial charge on any atom is 0.104 e. The maximum absolute atomic E-state index is 5.33. The second-order valence-corrected chi connectivity index (χ2v) is 2.23. The van der Waals surface area contributed by atoms with Gasteiger partial charge in [0, 0.05) is 6.61 Å². The minimum Gasteiger partial charge on any atom is -0.379 e. The molecule has 1 heterocycles. The molecule has 0 N–H and O–H groups in total. The fraction of sp³-hybridized carbons (Fsp3) is 1.00. The van der Waals surface area contributed by atoms with Gasteiger partial charge in [-0.2, -0.15) is 0 Å². The Bertz CT molecular complexity index is 78.9. The summed E-state index contributed by atoms with van der Waals surface area (Å²) in [5.41, 5.74) is 0. The smallest absolute Gasteiger partial charge is 0.104 e. The molecule has 0 aromatic carbocycles. The van der Waals surface area contributed by atoms with Gasteiger partial charge in [-0.25, -0.2) is 0 Å². The molecule has 1 aliphatic heterocycles. The molecule has 0 aromatic rings. The van der Waals surface area contributed by atoms with Crippen molar-refractivity contribution in [3.8, 4) is 0 Å². The van der Waals surface area contributed by atoms with Crippen molar-refractivity contribution in [2.24, 2.45) is 0 Å². The fourth-order valence-electron chi connectivity index (χ4n) is 0.882. The van der Waals surface area contributed by atoms with Gasteiger partial charge in [0.25, 0.3) is 0 Å². The number of rotatable bonds is 3. The molecule has 10 heavy (non-hydrogen) atoms. The zero-order chi connectivity index (χ0) is 7.23. The van der Waals surface area contributed by atoms with Crippen LogP contribution in [0.3, 0.4) is 0 Å². The first-order chi connectivity index (χ1) is 4.93. The second-order valence-electron chi connectivity index (χ2n) is 2.23. The van der Waals surface area contributed by atoms with Gasteiger partial charge < -0.3 is 14.2 Å². The van der Waals surface area contributed by atoms with E-state index in [4.69, 9.17) is 14.2 Å². The number of ether oxygens (including phenoxy) is 3. The third kappa shape index (κ3) is 2.64. The Hall–Kier alpha value is -0.120. The summed E-state index contributed by atoms with van der Waals surface area (Å²) < 4.78 is 15.7. The van der Waals surface area contributed by atoms with Crippen molar-refractivity contribution in [3.63, 3.8) is 0 Å². The highest BCUT2D eigenvalue weighted by atomic mass is 16.6. The average Bonchev–Trinajstić information content (AvgIpc) is 2.03. The van der Waals surface area contributed by atoms with Crippen LogP contribution in [0.4, 0.5) is 0 Å². The predicted molar refractivity (Wildman–Crippen MR) is 37.1 cm³/mol. The first kappa shape index (κ1) is 7.98. The predicted octanol–water partition coefficient (Wildman–Crippen LogP) is 0.438. The SMILES string of the molecule is CCOC[C@H]1COCCO1. The van der Waals surface area contributed by atoms with Crippen LogP contribution < -0.4 is 0 Å². The number of hydrogen-bond acceptors (Lipinski definition) is 3. The van der Waals surface area contributed by atoms with Gasteiger partial charge >= 0.3 is 0 Å². The maximum atomic E-state index is 5.33. The van der Waals surface area contributed by atoms with Crippen molar-refractivity contribution in [1.29, 1.82) is 0 Å². The molecule has 3 heteroatoms. The van der Waals surface area contributed by atoms with Crippen molar-refractivity contribution in [3.05, 3.63) is 0 Å². The summed E-state index contributed by atoms with van der Waals surface area (Å²) in [6, 6.07) is 0.